The summed E-state index contributed by atoms with van der Waals surface area (Å²) in [5, 5.41) is 19.0. The van der Waals surface area contributed by atoms with Gasteiger partial charge in [0.2, 0.25) is 0 Å². The number of nitrogens with zero attached hydrogens (tertiary/aromatic N) is 1. The lowest BCUT2D eigenvalue weighted by molar-refractivity contribution is -0.137. The zero-order valence-corrected chi connectivity index (χ0v) is 15.9. The number of hydrogen-bond acceptors (Lipinski definition) is 4. The zero-order valence-electron chi connectivity index (χ0n) is 15.9. The van der Waals surface area contributed by atoms with Gasteiger partial charge in [-0.15, -0.1) is 0 Å². The molecule has 0 radical (unpaired) electrons. The topological polar surface area (TPSA) is 87.1 Å². The van der Waals surface area contributed by atoms with Crippen molar-refractivity contribution in [1.82, 2.24) is 4.90 Å². The van der Waals surface area contributed by atoms with Crippen LogP contribution in [0, 0.1) is 0 Å². The number of aliphatic hydroxyl groups is 1. The summed E-state index contributed by atoms with van der Waals surface area (Å²) in [6.45, 7) is 1.07. The third-order valence-electron chi connectivity index (χ3n) is 5.04. The monoisotopic (exact) mass is 377 g/mol. The van der Waals surface area contributed by atoms with Crippen LogP contribution in [0.3, 0.4) is 0 Å². The molecule has 1 aromatic rings. The number of cyclic esters (lactones) is 1. The van der Waals surface area contributed by atoms with Crippen molar-refractivity contribution in [1.29, 1.82) is 0 Å². The molecule has 27 heavy (non-hydrogen) atoms. The number of hydrogen-bond donors (Lipinski definition) is 2. The molecular weight excluding hydrogens is 346 g/mol. The predicted octanol–water partition coefficient (Wildman–Crippen LogP) is 3.62. The second-order valence-electron chi connectivity index (χ2n) is 7.23. The first kappa shape index (κ1) is 21.2. The maximum atomic E-state index is 12.1. The molecule has 1 aliphatic heterocycles. The lowest BCUT2D eigenvalue weighted by Crippen LogP contribution is -2.46. The van der Waals surface area contributed by atoms with Gasteiger partial charge in [-0.25, -0.2) is 4.79 Å². The molecular formula is C21H31NO5. The number of aliphatic hydroxyl groups excluding tert-OH is 1. The standard InChI is InChI=1S/C21H31NO5/c23-19(16-17-8-4-3-5-9-17)12-11-18-13-15-27-21(26)22(18)14-7-2-1-6-10-20(24)25/h3-5,8-9,18-19,23H,1-2,6-7,10-16H2,(H,24,25)/t18-,19+/m0/s1. The van der Waals surface area contributed by atoms with E-state index < -0.39 is 12.1 Å². The number of rotatable bonds is 12. The van der Waals surface area contributed by atoms with Crippen LogP contribution >= 0.6 is 0 Å². The fourth-order valence-corrected chi connectivity index (χ4v) is 3.53. The highest BCUT2D eigenvalue weighted by Crippen LogP contribution is 2.21. The highest BCUT2D eigenvalue weighted by Gasteiger charge is 2.29. The third kappa shape index (κ3) is 7.99. The van der Waals surface area contributed by atoms with Gasteiger partial charge in [-0.1, -0.05) is 43.2 Å². The fourth-order valence-electron chi connectivity index (χ4n) is 3.53. The normalized spacial score (nSPS) is 18.2. The van der Waals surface area contributed by atoms with Gasteiger partial charge in [0.05, 0.1) is 12.7 Å². The molecule has 1 amide bonds. The smallest absolute Gasteiger partial charge is 0.410 e. The van der Waals surface area contributed by atoms with Crippen molar-refractivity contribution in [3.63, 3.8) is 0 Å². The molecule has 0 spiro atoms. The van der Waals surface area contributed by atoms with Crippen molar-refractivity contribution in [3.8, 4) is 0 Å². The first-order valence-electron chi connectivity index (χ1n) is 9.93. The van der Waals surface area contributed by atoms with Gasteiger partial charge in [0.25, 0.3) is 0 Å². The molecule has 0 bridgehead atoms. The van der Waals surface area contributed by atoms with E-state index in [4.69, 9.17) is 9.84 Å². The molecule has 0 unspecified atom stereocenters. The first-order chi connectivity index (χ1) is 13.1. The summed E-state index contributed by atoms with van der Waals surface area (Å²) < 4.78 is 5.18. The summed E-state index contributed by atoms with van der Waals surface area (Å²) >= 11 is 0. The van der Waals surface area contributed by atoms with E-state index in [0.717, 1.165) is 37.7 Å². The Hall–Kier alpha value is -2.08. The van der Waals surface area contributed by atoms with E-state index >= 15 is 0 Å². The number of benzene rings is 1. The third-order valence-corrected chi connectivity index (χ3v) is 5.04. The lowest BCUT2D eigenvalue weighted by atomic mass is 9.99. The Bertz CT molecular complexity index is 577. The van der Waals surface area contributed by atoms with Gasteiger partial charge in [-0.2, -0.15) is 0 Å². The van der Waals surface area contributed by atoms with Gasteiger partial charge in [0, 0.05) is 25.4 Å². The summed E-state index contributed by atoms with van der Waals surface area (Å²) in [5.41, 5.74) is 1.12. The Morgan fingerprint density at radius 1 is 1.19 bits per heavy atom. The molecule has 1 heterocycles. The van der Waals surface area contributed by atoms with Crippen molar-refractivity contribution >= 4 is 12.1 Å². The van der Waals surface area contributed by atoms with E-state index in [-0.39, 0.29) is 18.6 Å². The Morgan fingerprint density at radius 3 is 2.67 bits per heavy atom. The first-order valence-corrected chi connectivity index (χ1v) is 9.93. The van der Waals surface area contributed by atoms with Gasteiger partial charge in [0.1, 0.15) is 0 Å². The number of ether oxygens (including phenoxy) is 1. The van der Waals surface area contributed by atoms with Crippen LogP contribution in [0.5, 0.6) is 0 Å². The van der Waals surface area contributed by atoms with Crippen LogP contribution in [0.15, 0.2) is 30.3 Å². The summed E-state index contributed by atoms with van der Waals surface area (Å²) in [7, 11) is 0. The van der Waals surface area contributed by atoms with Crippen molar-refractivity contribution in [2.75, 3.05) is 13.2 Å². The van der Waals surface area contributed by atoms with Crippen LogP contribution in [-0.2, 0) is 16.0 Å². The number of carboxylic acids is 1. The maximum Gasteiger partial charge on any atom is 0.410 e. The summed E-state index contributed by atoms with van der Waals surface area (Å²) in [6.07, 6.45) is 5.64. The summed E-state index contributed by atoms with van der Waals surface area (Å²) in [4.78, 5) is 24.4. The van der Waals surface area contributed by atoms with Crippen LogP contribution in [0.1, 0.15) is 56.9 Å². The Kier molecular flexibility index (Phi) is 9.11. The largest absolute Gasteiger partial charge is 0.481 e. The molecule has 2 atom stereocenters. The molecule has 0 aromatic heterocycles. The molecule has 1 saturated heterocycles. The number of aliphatic carboxylic acids is 1. The van der Waals surface area contributed by atoms with E-state index in [9.17, 15) is 14.7 Å². The average molecular weight is 377 g/mol. The minimum Gasteiger partial charge on any atom is -0.481 e. The Labute approximate surface area is 161 Å². The molecule has 6 heteroatoms. The maximum absolute atomic E-state index is 12.1. The van der Waals surface area contributed by atoms with Crippen LogP contribution < -0.4 is 0 Å². The number of amides is 1. The fraction of sp³-hybridized carbons (Fsp3) is 0.619. The minimum absolute atomic E-state index is 0.107. The quantitative estimate of drug-likeness (QED) is 0.543. The lowest BCUT2D eigenvalue weighted by Gasteiger charge is -2.35. The summed E-state index contributed by atoms with van der Waals surface area (Å²) in [6, 6.07) is 10.0. The van der Waals surface area contributed by atoms with Gasteiger partial charge in [-0.05, 0) is 37.7 Å². The van der Waals surface area contributed by atoms with E-state index in [0.29, 0.717) is 32.4 Å². The molecule has 1 aromatic carbocycles. The van der Waals surface area contributed by atoms with Crippen LogP contribution in [0.25, 0.3) is 0 Å². The molecule has 2 rings (SSSR count). The number of carboxylic acid groups (broad SMARTS) is 1. The number of carbonyl (C=O) groups excluding carboxylic acids is 1. The number of unbranched alkanes of at least 4 members (excludes halogenated alkanes) is 3. The second kappa shape index (κ2) is 11.6. The SMILES string of the molecule is O=C(O)CCCCCCN1C(=O)OCC[C@@H]1CC[C@@H](O)Cc1ccccc1. The molecule has 1 aliphatic rings. The average Bonchev–Trinajstić information content (AvgIpc) is 2.65. The van der Waals surface area contributed by atoms with Crippen molar-refractivity contribution in [2.45, 2.75) is 69.9 Å². The van der Waals surface area contributed by atoms with E-state index in [1.165, 1.54) is 0 Å². The highest BCUT2D eigenvalue weighted by molar-refractivity contribution is 5.68. The van der Waals surface area contributed by atoms with Crippen LogP contribution in [-0.4, -0.2) is 52.5 Å². The van der Waals surface area contributed by atoms with Crippen molar-refractivity contribution in [2.24, 2.45) is 0 Å². The van der Waals surface area contributed by atoms with Gasteiger partial charge < -0.3 is 19.8 Å². The van der Waals surface area contributed by atoms with Crippen molar-refractivity contribution < 1.29 is 24.5 Å². The molecule has 6 nitrogen and oxygen atoms in total. The Balaban J connectivity index is 1.72. The van der Waals surface area contributed by atoms with Crippen molar-refractivity contribution in [3.05, 3.63) is 35.9 Å². The van der Waals surface area contributed by atoms with Gasteiger partial charge in [0.15, 0.2) is 0 Å². The Morgan fingerprint density at radius 2 is 1.93 bits per heavy atom. The predicted molar refractivity (Wildman–Crippen MR) is 103 cm³/mol. The van der Waals surface area contributed by atoms with Crippen LogP contribution in [0.4, 0.5) is 4.79 Å². The van der Waals surface area contributed by atoms with E-state index in [2.05, 4.69) is 0 Å². The highest BCUT2D eigenvalue weighted by atomic mass is 16.6. The molecule has 0 saturated carbocycles. The second-order valence-corrected chi connectivity index (χ2v) is 7.23. The van der Waals surface area contributed by atoms with Gasteiger partial charge >= 0.3 is 12.1 Å². The van der Waals surface area contributed by atoms with E-state index in [1.54, 1.807) is 4.90 Å². The molecule has 2 N–H and O–H groups in total. The van der Waals surface area contributed by atoms with Gasteiger partial charge in [-0.3, -0.25) is 4.79 Å². The molecule has 0 aliphatic carbocycles. The minimum atomic E-state index is -0.760. The molecule has 150 valence electrons. The van der Waals surface area contributed by atoms with E-state index in [1.807, 2.05) is 30.3 Å². The number of carbonyl (C=O) groups is 2. The van der Waals surface area contributed by atoms with Crippen LogP contribution in [0.2, 0.25) is 0 Å². The zero-order chi connectivity index (χ0) is 19.5. The summed E-state index contributed by atoms with van der Waals surface area (Å²) in [5.74, 6) is -0.760. The molecule has 1 fully saturated rings.